The molecule has 1 aromatic carbocycles. The van der Waals surface area contributed by atoms with Crippen LogP contribution in [0.3, 0.4) is 0 Å². The van der Waals surface area contributed by atoms with Gasteiger partial charge in [-0.05, 0) is 29.9 Å². The second-order valence-corrected chi connectivity index (χ2v) is 4.67. The Balaban J connectivity index is 2.34. The Kier molecular flexibility index (Phi) is 2.03. The van der Waals surface area contributed by atoms with Gasteiger partial charge in [-0.25, -0.2) is 0 Å². The Morgan fingerprint density at radius 3 is 2.85 bits per heavy atom. The molecule has 0 unspecified atom stereocenters. The van der Waals surface area contributed by atoms with Gasteiger partial charge in [-0.3, -0.25) is 0 Å². The third-order valence-electron chi connectivity index (χ3n) is 2.80. The molecule has 0 amide bonds. The number of rotatable bonds is 0. The summed E-state index contributed by atoms with van der Waals surface area (Å²) in [6.45, 7) is 5.79. The zero-order valence-electron chi connectivity index (χ0n) is 8.43. The zero-order chi connectivity index (χ0) is 9.31. The number of nitrogens with one attached hydrogen (secondary N) is 1. The van der Waals surface area contributed by atoms with Crippen LogP contribution in [0.1, 0.15) is 25.8 Å². The van der Waals surface area contributed by atoms with Crippen molar-refractivity contribution in [3.63, 3.8) is 0 Å². The van der Waals surface area contributed by atoms with Gasteiger partial charge in [0.2, 0.25) is 0 Å². The average Bonchev–Trinajstić information content (AvgIpc) is 2.21. The van der Waals surface area contributed by atoms with Gasteiger partial charge in [0.1, 0.15) is 0 Å². The molecule has 1 heterocycles. The van der Waals surface area contributed by atoms with Crippen molar-refractivity contribution in [3.8, 4) is 0 Å². The molecule has 0 saturated carbocycles. The van der Waals surface area contributed by atoms with Crippen LogP contribution in [-0.2, 0) is 6.42 Å². The Morgan fingerprint density at radius 2 is 2.00 bits per heavy atom. The highest BCUT2D eigenvalue weighted by Crippen LogP contribution is 2.32. The first-order valence-corrected chi connectivity index (χ1v) is 4.99. The van der Waals surface area contributed by atoms with E-state index in [2.05, 4.69) is 43.4 Å². The maximum Gasteiger partial charge on any atom is 0.0372 e. The van der Waals surface area contributed by atoms with Crippen molar-refractivity contribution in [2.75, 3.05) is 11.9 Å². The van der Waals surface area contributed by atoms with E-state index in [0.29, 0.717) is 5.41 Å². The first kappa shape index (κ1) is 8.61. The lowest BCUT2D eigenvalue weighted by Crippen LogP contribution is -2.15. The van der Waals surface area contributed by atoms with E-state index in [4.69, 9.17) is 0 Å². The van der Waals surface area contributed by atoms with Crippen molar-refractivity contribution in [3.05, 3.63) is 29.8 Å². The second kappa shape index (κ2) is 3.06. The highest BCUT2D eigenvalue weighted by atomic mass is 14.9. The highest BCUT2D eigenvalue weighted by Gasteiger charge is 2.22. The van der Waals surface area contributed by atoms with E-state index < -0.39 is 0 Å². The Labute approximate surface area is 80.2 Å². The number of fused-ring (bicyclic) bond motifs is 1. The maximum absolute atomic E-state index is 3.48. The molecule has 0 aliphatic carbocycles. The molecular weight excluding hydrogens is 158 g/mol. The van der Waals surface area contributed by atoms with Crippen LogP contribution in [0, 0.1) is 5.41 Å². The topological polar surface area (TPSA) is 12.0 Å². The minimum Gasteiger partial charge on any atom is -0.385 e. The van der Waals surface area contributed by atoms with Crippen LogP contribution in [-0.4, -0.2) is 6.54 Å². The van der Waals surface area contributed by atoms with E-state index in [0.717, 1.165) is 6.54 Å². The largest absolute Gasteiger partial charge is 0.385 e. The van der Waals surface area contributed by atoms with Gasteiger partial charge in [0.25, 0.3) is 0 Å². The summed E-state index contributed by atoms with van der Waals surface area (Å²) in [5.41, 5.74) is 3.23. The summed E-state index contributed by atoms with van der Waals surface area (Å²) in [5.74, 6) is 0. The molecule has 0 atom stereocenters. The van der Waals surface area contributed by atoms with Crippen LogP contribution < -0.4 is 5.32 Å². The first-order valence-electron chi connectivity index (χ1n) is 4.99. The van der Waals surface area contributed by atoms with E-state index in [1.807, 2.05) is 0 Å². The number of benzene rings is 1. The number of anilines is 1. The molecule has 0 saturated heterocycles. The van der Waals surface area contributed by atoms with Crippen LogP contribution in [0.25, 0.3) is 0 Å². The second-order valence-electron chi connectivity index (χ2n) is 4.67. The molecule has 0 aromatic heterocycles. The fourth-order valence-corrected chi connectivity index (χ4v) is 1.99. The predicted octanol–water partition coefficient (Wildman–Crippen LogP) is 3.07. The smallest absolute Gasteiger partial charge is 0.0372 e. The summed E-state index contributed by atoms with van der Waals surface area (Å²) in [5, 5.41) is 3.48. The van der Waals surface area contributed by atoms with Crippen LogP contribution in [0.5, 0.6) is 0 Å². The van der Waals surface area contributed by atoms with E-state index in [1.165, 1.54) is 24.1 Å². The van der Waals surface area contributed by atoms with Gasteiger partial charge in [-0.1, -0.05) is 32.0 Å². The lowest BCUT2D eigenvalue weighted by Gasteiger charge is -2.21. The molecule has 2 rings (SSSR count). The van der Waals surface area contributed by atoms with Crippen LogP contribution in [0.2, 0.25) is 0 Å². The quantitative estimate of drug-likeness (QED) is 0.639. The Hall–Kier alpha value is -0.980. The molecule has 1 aromatic rings. The predicted molar refractivity (Wildman–Crippen MR) is 57.0 cm³/mol. The molecule has 1 nitrogen and oxygen atoms in total. The fourth-order valence-electron chi connectivity index (χ4n) is 1.99. The Bertz CT molecular complexity index is 302. The summed E-state index contributed by atoms with van der Waals surface area (Å²) < 4.78 is 0. The molecule has 70 valence electrons. The summed E-state index contributed by atoms with van der Waals surface area (Å²) in [7, 11) is 0. The molecular formula is C12H17N. The summed E-state index contributed by atoms with van der Waals surface area (Å²) in [6.07, 6.45) is 2.44. The molecule has 1 aliphatic heterocycles. The van der Waals surface area contributed by atoms with Gasteiger partial charge in [-0.2, -0.15) is 0 Å². The molecule has 0 spiro atoms. The molecule has 0 bridgehead atoms. The number of hydrogen-bond donors (Lipinski definition) is 1. The summed E-state index contributed by atoms with van der Waals surface area (Å²) in [4.78, 5) is 0. The third-order valence-corrected chi connectivity index (χ3v) is 2.80. The van der Waals surface area contributed by atoms with E-state index in [-0.39, 0.29) is 0 Å². The lowest BCUT2D eigenvalue weighted by molar-refractivity contribution is 0.349. The lowest BCUT2D eigenvalue weighted by atomic mass is 9.83. The van der Waals surface area contributed by atoms with Gasteiger partial charge in [0.05, 0.1) is 0 Å². The molecule has 1 N–H and O–H groups in total. The fraction of sp³-hybridized carbons (Fsp3) is 0.500. The molecule has 0 radical (unpaired) electrons. The maximum atomic E-state index is 3.48. The van der Waals surface area contributed by atoms with E-state index in [9.17, 15) is 0 Å². The highest BCUT2D eigenvalue weighted by molar-refractivity contribution is 5.52. The van der Waals surface area contributed by atoms with Gasteiger partial charge in [0.15, 0.2) is 0 Å². The van der Waals surface area contributed by atoms with Gasteiger partial charge in [-0.15, -0.1) is 0 Å². The van der Waals surface area contributed by atoms with Crippen molar-refractivity contribution in [1.82, 2.24) is 0 Å². The molecule has 13 heavy (non-hydrogen) atoms. The standard InChI is InChI=1S/C12H17N/c1-12(2)7-8-13-11-6-4-3-5-10(11)9-12/h3-6,13H,7-9H2,1-2H3. The first-order chi connectivity index (χ1) is 6.17. The zero-order valence-corrected chi connectivity index (χ0v) is 8.43. The van der Waals surface area contributed by atoms with Crippen LogP contribution in [0.4, 0.5) is 5.69 Å². The van der Waals surface area contributed by atoms with E-state index in [1.54, 1.807) is 0 Å². The minimum atomic E-state index is 0.444. The average molecular weight is 175 g/mol. The SMILES string of the molecule is CC1(C)CCNc2ccccc2C1. The van der Waals surface area contributed by atoms with Crippen molar-refractivity contribution in [1.29, 1.82) is 0 Å². The van der Waals surface area contributed by atoms with Crippen molar-refractivity contribution < 1.29 is 0 Å². The van der Waals surface area contributed by atoms with Crippen LogP contribution >= 0.6 is 0 Å². The number of hydrogen-bond acceptors (Lipinski definition) is 1. The van der Waals surface area contributed by atoms with Crippen LogP contribution in [0.15, 0.2) is 24.3 Å². The summed E-state index contributed by atoms with van der Waals surface area (Å²) in [6, 6.07) is 8.64. The molecule has 0 fully saturated rings. The molecule has 1 heteroatoms. The van der Waals surface area contributed by atoms with Crippen molar-refractivity contribution >= 4 is 5.69 Å². The van der Waals surface area contributed by atoms with Gasteiger partial charge in [0, 0.05) is 12.2 Å². The summed E-state index contributed by atoms with van der Waals surface area (Å²) >= 11 is 0. The van der Waals surface area contributed by atoms with Gasteiger partial charge < -0.3 is 5.32 Å². The van der Waals surface area contributed by atoms with Crippen molar-refractivity contribution in [2.24, 2.45) is 5.41 Å². The number of para-hydroxylation sites is 1. The Morgan fingerprint density at radius 1 is 1.23 bits per heavy atom. The molecule has 1 aliphatic rings. The van der Waals surface area contributed by atoms with Crippen molar-refractivity contribution in [2.45, 2.75) is 26.7 Å². The van der Waals surface area contributed by atoms with Gasteiger partial charge >= 0.3 is 0 Å². The monoisotopic (exact) mass is 175 g/mol. The third kappa shape index (κ3) is 1.85. The normalized spacial score (nSPS) is 19.8. The van der Waals surface area contributed by atoms with E-state index >= 15 is 0 Å². The minimum absolute atomic E-state index is 0.444.